The van der Waals surface area contributed by atoms with E-state index in [-0.39, 0.29) is 11.5 Å². The second kappa shape index (κ2) is 4.07. The van der Waals surface area contributed by atoms with Crippen LogP contribution in [0.5, 0.6) is 0 Å². The molecule has 3 nitrogen and oxygen atoms in total. The summed E-state index contributed by atoms with van der Waals surface area (Å²) in [5.74, 6) is 0. The summed E-state index contributed by atoms with van der Waals surface area (Å²) in [5, 5.41) is 0. The zero-order chi connectivity index (χ0) is 12.8. The molecule has 94 valence electrons. The van der Waals surface area contributed by atoms with Crippen molar-refractivity contribution in [2.45, 2.75) is 38.1 Å². The minimum atomic E-state index is -3.38. The van der Waals surface area contributed by atoms with E-state index >= 15 is 0 Å². The molecule has 17 heavy (non-hydrogen) atoms. The van der Waals surface area contributed by atoms with Gasteiger partial charge >= 0.3 is 0 Å². The third kappa shape index (κ3) is 2.72. The molecule has 0 aliphatic heterocycles. The van der Waals surface area contributed by atoms with Crippen molar-refractivity contribution in [1.82, 2.24) is 4.72 Å². The van der Waals surface area contributed by atoms with Crippen molar-refractivity contribution < 1.29 is 8.42 Å². The van der Waals surface area contributed by atoms with Gasteiger partial charge in [-0.25, -0.2) is 13.1 Å². The standard InChI is InChI=1S/C12H16BrNO2S/c1-8-6-9(4-5-10(8)13)17(15,16)14-11-7-12(11,2)3/h4-6,11,14H,7H2,1-3H3. The lowest BCUT2D eigenvalue weighted by atomic mass is 10.2. The Bertz CT molecular complexity index is 552. The van der Waals surface area contributed by atoms with Crippen molar-refractivity contribution in [3.8, 4) is 0 Å². The van der Waals surface area contributed by atoms with Gasteiger partial charge < -0.3 is 0 Å². The van der Waals surface area contributed by atoms with Gasteiger partial charge in [0.05, 0.1) is 4.90 Å². The predicted molar refractivity (Wildman–Crippen MR) is 71.4 cm³/mol. The Morgan fingerprint density at radius 1 is 1.41 bits per heavy atom. The van der Waals surface area contributed by atoms with Crippen LogP contribution in [-0.2, 0) is 10.0 Å². The molecule has 1 aromatic rings. The average molecular weight is 318 g/mol. The van der Waals surface area contributed by atoms with Crippen LogP contribution in [0.1, 0.15) is 25.8 Å². The fraction of sp³-hybridized carbons (Fsp3) is 0.500. The number of hydrogen-bond donors (Lipinski definition) is 1. The first-order valence-corrected chi connectivity index (χ1v) is 7.78. The van der Waals surface area contributed by atoms with Crippen LogP contribution < -0.4 is 4.72 Å². The van der Waals surface area contributed by atoms with Gasteiger partial charge in [-0.1, -0.05) is 29.8 Å². The van der Waals surface area contributed by atoms with Crippen molar-refractivity contribution in [1.29, 1.82) is 0 Å². The van der Waals surface area contributed by atoms with Crippen LogP contribution in [0.25, 0.3) is 0 Å². The molecule has 0 radical (unpaired) electrons. The van der Waals surface area contributed by atoms with Gasteiger partial charge in [0.1, 0.15) is 0 Å². The summed E-state index contributed by atoms with van der Waals surface area (Å²) < 4.78 is 27.9. The Morgan fingerprint density at radius 3 is 2.47 bits per heavy atom. The highest BCUT2D eigenvalue weighted by atomic mass is 79.9. The van der Waals surface area contributed by atoms with E-state index in [0.717, 1.165) is 16.5 Å². The largest absolute Gasteiger partial charge is 0.240 e. The zero-order valence-electron chi connectivity index (χ0n) is 10.1. The van der Waals surface area contributed by atoms with E-state index in [0.29, 0.717) is 4.90 Å². The van der Waals surface area contributed by atoms with Crippen molar-refractivity contribution in [2.24, 2.45) is 5.41 Å². The summed E-state index contributed by atoms with van der Waals surface area (Å²) in [6, 6.07) is 5.13. The summed E-state index contributed by atoms with van der Waals surface area (Å²) >= 11 is 3.36. The van der Waals surface area contributed by atoms with E-state index in [9.17, 15) is 8.42 Å². The molecule has 1 N–H and O–H groups in total. The van der Waals surface area contributed by atoms with E-state index in [2.05, 4.69) is 34.5 Å². The van der Waals surface area contributed by atoms with Gasteiger partial charge in [-0.05, 0) is 42.5 Å². The van der Waals surface area contributed by atoms with Gasteiger partial charge in [0.2, 0.25) is 10.0 Å². The summed E-state index contributed by atoms with van der Waals surface area (Å²) in [6.45, 7) is 6.00. The average Bonchev–Trinajstić information content (AvgIpc) is 2.77. The first-order chi connectivity index (χ1) is 7.72. The van der Waals surface area contributed by atoms with Crippen LogP contribution in [0.3, 0.4) is 0 Å². The van der Waals surface area contributed by atoms with Crippen LogP contribution in [0.4, 0.5) is 0 Å². The summed E-state index contributed by atoms with van der Waals surface area (Å²) in [5.41, 5.74) is 1.01. The Balaban J connectivity index is 2.23. The van der Waals surface area contributed by atoms with Crippen molar-refractivity contribution in [2.75, 3.05) is 0 Å². The Kier molecular flexibility index (Phi) is 3.13. The normalized spacial score (nSPS) is 22.5. The van der Waals surface area contributed by atoms with Gasteiger partial charge in [-0.15, -0.1) is 0 Å². The van der Waals surface area contributed by atoms with Crippen molar-refractivity contribution in [3.63, 3.8) is 0 Å². The molecule has 1 aliphatic rings. The van der Waals surface area contributed by atoms with Crippen LogP contribution in [0.2, 0.25) is 0 Å². The molecule has 1 fully saturated rings. The van der Waals surface area contributed by atoms with E-state index in [1.807, 2.05) is 6.92 Å². The number of aryl methyl sites for hydroxylation is 1. The molecule has 5 heteroatoms. The molecular formula is C12H16BrNO2S. The molecule has 1 atom stereocenters. The third-order valence-corrected chi connectivity index (χ3v) is 5.61. The lowest BCUT2D eigenvalue weighted by Crippen LogP contribution is -2.28. The number of hydrogen-bond acceptors (Lipinski definition) is 2. The second-order valence-corrected chi connectivity index (χ2v) is 7.85. The molecule has 1 aromatic carbocycles. The highest BCUT2D eigenvalue weighted by Gasteiger charge is 2.47. The third-order valence-electron chi connectivity index (χ3n) is 3.25. The molecule has 0 heterocycles. The number of nitrogens with one attached hydrogen (secondary N) is 1. The molecule has 0 saturated heterocycles. The number of halogens is 1. The summed E-state index contributed by atoms with van der Waals surface area (Å²) in [7, 11) is -3.38. The molecule has 2 rings (SSSR count). The van der Waals surface area contributed by atoms with Crippen LogP contribution in [0, 0.1) is 12.3 Å². The van der Waals surface area contributed by atoms with Crippen LogP contribution >= 0.6 is 15.9 Å². The Labute approximate surface area is 111 Å². The Hall–Kier alpha value is -0.390. The lowest BCUT2D eigenvalue weighted by molar-refractivity contribution is 0.555. The van der Waals surface area contributed by atoms with E-state index in [1.54, 1.807) is 18.2 Å². The molecule has 1 aliphatic carbocycles. The minimum Gasteiger partial charge on any atom is -0.208 e. The van der Waals surface area contributed by atoms with Crippen LogP contribution in [0.15, 0.2) is 27.6 Å². The number of rotatable bonds is 3. The second-order valence-electron chi connectivity index (χ2n) is 5.28. The van der Waals surface area contributed by atoms with E-state index in [1.165, 1.54) is 0 Å². The minimum absolute atomic E-state index is 0.0662. The van der Waals surface area contributed by atoms with Crippen molar-refractivity contribution in [3.05, 3.63) is 28.2 Å². The smallest absolute Gasteiger partial charge is 0.208 e. The summed E-state index contributed by atoms with van der Waals surface area (Å²) in [6.07, 6.45) is 0.905. The molecule has 0 aromatic heterocycles. The van der Waals surface area contributed by atoms with E-state index < -0.39 is 10.0 Å². The lowest BCUT2D eigenvalue weighted by Gasteiger charge is -2.09. The number of sulfonamides is 1. The SMILES string of the molecule is Cc1cc(S(=O)(=O)NC2CC2(C)C)ccc1Br. The van der Waals surface area contributed by atoms with E-state index in [4.69, 9.17) is 0 Å². The Morgan fingerprint density at radius 2 is 2.00 bits per heavy atom. The molecule has 0 spiro atoms. The molecule has 0 amide bonds. The fourth-order valence-corrected chi connectivity index (χ4v) is 3.45. The maximum absolute atomic E-state index is 12.1. The topological polar surface area (TPSA) is 46.2 Å². The van der Waals surface area contributed by atoms with Gasteiger partial charge in [-0.2, -0.15) is 0 Å². The zero-order valence-corrected chi connectivity index (χ0v) is 12.5. The first-order valence-electron chi connectivity index (χ1n) is 5.51. The van der Waals surface area contributed by atoms with Crippen molar-refractivity contribution >= 4 is 26.0 Å². The highest BCUT2D eigenvalue weighted by molar-refractivity contribution is 9.10. The first kappa shape index (κ1) is 13.1. The summed E-state index contributed by atoms with van der Waals surface area (Å²) in [4.78, 5) is 0.334. The predicted octanol–water partition coefficient (Wildman–Crippen LogP) is 2.83. The number of benzene rings is 1. The quantitative estimate of drug-likeness (QED) is 0.931. The molecule has 0 bridgehead atoms. The maximum atomic E-state index is 12.1. The van der Waals surface area contributed by atoms with Gasteiger partial charge in [0.15, 0.2) is 0 Å². The fourth-order valence-electron chi connectivity index (χ4n) is 1.71. The molecule has 1 unspecified atom stereocenters. The van der Waals surface area contributed by atoms with Gasteiger partial charge in [-0.3, -0.25) is 0 Å². The van der Waals surface area contributed by atoms with Crippen LogP contribution in [-0.4, -0.2) is 14.5 Å². The maximum Gasteiger partial charge on any atom is 0.240 e. The monoisotopic (exact) mass is 317 g/mol. The van der Waals surface area contributed by atoms with Gasteiger partial charge in [0.25, 0.3) is 0 Å². The van der Waals surface area contributed by atoms with Gasteiger partial charge in [0, 0.05) is 10.5 Å². The molecule has 1 saturated carbocycles. The molecular weight excluding hydrogens is 302 g/mol. The highest BCUT2D eigenvalue weighted by Crippen LogP contribution is 2.45.